The highest BCUT2D eigenvalue weighted by atomic mass is 16.3. The second-order valence-electron chi connectivity index (χ2n) is 10.2. The zero-order valence-corrected chi connectivity index (χ0v) is 18.3. The second-order valence-corrected chi connectivity index (χ2v) is 10.2. The molecule has 0 aromatic heterocycles. The number of carbonyl (C=O) groups excluding carboxylic acids is 1. The summed E-state index contributed by atoms with van der Waals surface area (Å²) in [5, 5.41) is 24.0. The molecule has 31 heavy (non-hydrogen) atoms. The zero-order chi connectivity index (χ0) is 21.5. The van der Waals surface area contributed by atoms with Gasteiger partial charge >= 0.3 is 0 Å². The summed E-state index contributed by atoms with van der Waals surface area (Å²) in [6.45, 7) is 3.10. The highest BCUT2D eigenvalue weighted by Gasteiger charge is 2.54. The molecule has 166 valence electrons. The van der Waals surface area contributed by atoms with Crippen molar-refractivity contribution in [3.05, 3.63) is 35.9 Å². The Morgan fingerprint density at radius 1 is 1.16 bits per heavy atom. The van der Waals surface area contributed by atoms with Gasteiger partial charge in [0.1, 0.15) is 5.60 Å². The summed E-state index contributed by atoms with van der Waals surface area (Å²) < 4.78 is 0. The van der Waals surface area contributed by atoms with Gasteiger partial charge in [-0.2, -0.15) is 5.26 Å². The van der Waals surface area contributed by atoms with E-state index in [2.05, 4.69) is 46.6 Å². The van der Waals surface area contributed by atoms with Gasteiger partial charge in [0.05, 0.1) is 18.0 Å². The monoisotopic (exact) mass is 422 g/mol. The van der Waals surface area contributed by atoms with E-state index in [1.54, 1.807) is 4.90 Å². The molecule has 2 atom stereocenters. The first-order valence-corrected chi connectivity index (χ1v) is 12.0. The van der Waals surface area contributed by atoms with Crippen LogP contribution in [0.4, 0.5) is 0 Å². The van der Waals surface area contributed by atoms with Crippen LogP contribution >= 0.6 is 0 Å². The van der Waals surface area contributed by atoms with Gasteiger partial charge in [-0.1, -0.05) is 30.3 Å². The minimum absolute atomic E-state index is 0.115. The summed E-state index contributed by atoms with van der Waals surface area (Å²) in [6.07, 6.45) is 6.85. The molecule has 1 unspecified atom stereocenters. The summed E-state index contributed by atoms with van der Waals surface area (Å²) >= 11 is 0. The fraction of sp³-hybridized carbons (Fsp3) is 0.680. The highest BCUT2D eigenvalue weighted by molar-refractivity contribution is 5.86. The van der Waals surface area contributed by atoms with Crippen LogP contribution < -0.4 is 5.32 Å². The lowest BCUT2D eigenvalue weighted by Gasteiger charge is -2.57. The number of hydrogen-bond acceptors (Lipinski definition) is 5. The van der Waals surface area contributed by atoms with Crippen molar-refractivity contribution in [2.24, 2.45) is 0 Å². The van der Waals surface area contributed by atoms with Gasteiger partial charge in [-0.25, -0.2) is 0 Å². The van der Waals surface area contributed by atoms with E-state index in [4.69, 9.17) is 0 Å². The second kappa shape index (κ2) is 8.20. The molecule has 2 aliphatic heterocycles. The van der Waals surface area contributed by atoms with E-state index in [1.807, 2.05) is 0 Å². The summed E-state index contributed by atoms with van der Waals surface area (Å²) in [6, 6.07) is 14.3. The molecule has 2 N–H and O–H groups in total. The number of hydrogen-bond donors (Lipinski definition) is 2. The third-order valence-corrected chi connectivity index (χ3v) is 8.13. The Bertz CT molecular complexity index is 831. The number of carbonyl (C=O) groups is 1. The van der Waals surface area contributed by atoms with Gasteiger partial charge in [0, 0.05) is 44.2 Å². The average Bonchev–Trinajstić information content (AvgIpc) is 3.39. The molecule has 5 rings (SSSR count). The van der Waals surface area contributed by atoms with E-state index < -0.39 is 5.60 Å². The molecule has 1 amide bonds. The Kier molecular flexibility index (Phi) is 5.54. The summed E-state index contributed by atoms with van der Waals surface area (Å²) in [5.74, 6) is 0.535. The van der Waals surface area contributed by atoms with Crippen molar-refractivity contribution in [1.29, 1.82) is 5.26 Å². The molecule has 6 nitrogen and oxygen atoms in total. The van der Waals surface area contributed by atoms with Crippen LogP contribution in [-0.2, 0) is 4.79 Å². The van der Waals surface area contributed by atoms with Crippen LogP contribution in [0.25, 0.3) is 0 Å². The van der Waals surface area contributed by atoms with Gasteiger partial charge in [0.25, 0.3) is 5.91 Å². The molecule has 0 bridgehead atoms. The van der Waals surface area contributed by atoms with Crippen LogP contribution in [0.3, 0.4) is 0 Å². The summed E-state index contributed by atoms with van der Waals surface area (Å²) in [7, 11) is 0. The van der Waals surface area contributed by atoms with Crippen molar-refractivity contribution < 1.29 is 9.90 Å². The molecule has 1 aromatic carbocycles. The average molecular weight is 423 g/mol. The number of amides is 1. The largest absolute Gasteiger partial charge is 0.380 e. The zero-order valence-electron chi connectivity index (χ0n) is 18.3. The normalized spacial score (nSPS) is 29.9. The lowest BCUT2D eigenvalue weighted by molar-refractivity contribution is -0.166. The molecule has 2 aliphatic carbocycles. The van der Waals surface area contributed by atoms with Crippen molar-refractivity contribution in [3.63, 3.8) is 0 Å². The van der Waals surface area contributed by atoms with Crippen molar-refractivity contribution in [3.8, 4) is 6.07 Å². The Morgan fingerprint density at radius 2 is 1.84 bits per heavy atom. The van der Waals surface area contributed by atoms with Gasteiger partial charge < -0.3 is 15.3 Å². The Hall–Kier alpha value is -1.94. The van der Waals surface area contributed by atoms with Gasteiger partial charge in [-0.3, -0.25) is 9.69 Å². The predicted octanol–water partition coefficient (Wildman–Crippen LogP) is 2.40. The number of benzene rings is 1. The minimum atomic E-state index is -1.16. The number of rotatable bonds is 6. The number of likely N-dealkylation sites (tertiary alicyclic amines) is 2. The smallest absolute Gasteiger partial charge is 0.254 e. The number of nitrogens with one attached hydrogen (secondary N) is 1. The fourth-order valence-electron chi connectivity index (χ4n) is 6.12. The van der Waals surface area contributed by atoms with Gasteiger partial charge in [0.2, 0.25) is 0 Å². The van der Waals surface area contributed by atoms with E-state index >= 15 is 0 Å². The SMILES string of the molecule is N#CCC1(N2CCC(N[C@@H]3CC3c3ccccc3)CC2)CN(C(=O)C2(O)CCCC2)C1. The maximum absolute atomic E-state index is 12.8. The third kappa shape index (κ3) is 4.00. The maximum Gasteiger partial charge on any atom is 0.254 e. The molecular weight excluding hydrogens is 388 g/mol. The number of piperidine rings is 1. The maximum atomic E-state index is 12.8. The van der Waals surface area contributed by atoms with Crippen LogP contribution in [0.2, 0.25) is 0 Å². The van der Waals surface area contributed by atoms with Crippen molar-refractivity contribution >= 4 is 5.91 Å². The summed E-state index contributed by atoms with van der Waals surface area (Å²) in [5.41, 5.74) is 0.0553. The van der Waals surface area contributed by atoms with Crippen LogP contribution in [0, 0.1) is 11.3 Å². The van der Waals surface area contributed by atoms with E-state index in [-0.39, 0.29) is 11.4 Å². The highest BCUT2D eigenvalue weighted by Crippen LogP contribution is 2.42. The number of nitrogens with zero attached hydrogens (tertiary/aromatic N) is 3. The van der Waals surface area contributed by atoms with Crippen molar-refractivity contribution in [2.75, 3.05) is 26.2 Å². The molecule has 2 heterocycles. The summed E-state index contributed by atoms with van der Waals surface area (Å²) in [4.78, 5) is 17.1. The fourth-order valence-corrected chi connectivity index (χ4v) is 6.12. The van der Waals surface area contributed by atoms with Gasteiger partial charge in [0.15, 0.2) is 0 Å². The quantitative estimate of drug-likeness (QED) is 0.736. The van der Waals surface area contributed by atoms with E-state index in [0.717, 1.165) is 38.8 Å². The third-order valence-electron chi connectivity index (χ3n) is 8.13. The minimum Gasteiger partial charge on any atom is -0.380 e. The first-order valence-electron chi connectivity index (χ1n) is 12.0. The Labute approximate surface area is 185 Å². The first kappa shape index (κ1) is 20.9. The number of aliphatic hydroxyl groups is 1. The molecule has 4 aliphatic rings. The van der Waals surface area contributed by atoms with Crippen LogP contribution in [-0.4, -0.2) is 70.2 Å². The molecule has 0 spiro atoms. The molecular formula is C25H34N4O2. The molecule has 2 saturated heterocycles. The van der Waals surface area contributed by atoms with Gasteiger partial charge in [-0.15, -0.1) is 0 Å². The molecule has 2 saturated carbocycles. The Morgan fingerprint density at radius 3 is 2.48 bits per heavy atom. The first-order chi connectivity index (χ1) is 15.0. The van der Waals surface area contributed by atoms with Crippen LogP contribution in [0.5, 0.6) is 0 Å². The molecule has 6 heteroatoms. The molecule has 4 fully saturated rings. The lowest BCUT2D eigenvalue weighted by Crippen LogP contribution is -2.74. The topological polar surface area (TPSA) is 79.6 Å². The van der Waals surface area contributed by atoms with E-state index in [1.165, 1.54) is 12.0 Å². The molecule has 1 aromatic rings. The molecule has 0 radical (unpaired) electrons. The van der Waals surface area contributed by atoms with Gasteiger partial charge in [-0.05, 0) is 50.5 Å². The number of nitriles is 1. The predicted molar refractivity (Wildman–Crippen MR) is 118 cm³/mol. The van der Waals surface area contributed by atoms with E-state index in [0.29, 0.717) is 50.4 Å². The standard InChI is InChI=1S/C25H34N4O2/c26-13-12-24(17-28(18-24)23(30)25(31)10-4-5-11-25)29-14-8-20(9-15-29)27-22-16-21(22)19-6-2-1-3-7-19/h1-3,6-7,20-22,27,31H,4-5,8-12,14-18H2/t21?,22-/m1/s1. The van der Waals surface area contributed by atoms with Crippen molar-refractivity contribution in [2.45, 2.75) is 80.5 Å². The Balaban J connectivity index is 1.12. The van der Waals surface area contributed by atoms with Crippen LogP contribution in [0.15, 0.2) is 30.3 Å². The van der Waals surface area contributed by atoms with Crippen LogP contribution in [0.1, 0.15) is 62.8 Å². The van der Waals surface area contributed by atoms with Crippen molar-refractivity contribution in [1.82, 2.24) is 15.1 Å². The van der Waals surface area contributed by atoms with E-state index in [9.17, 15) is 15.2 Å². The lowest BCUT2D eigenvalue weighted by atomic mass is 9.81.